The highest BCUT2D eigenvalue weighted by atomic mass is 31.2. The summed E-state index contributed by atoms with van der Waals surface area (Å²) in [6, 6.07) is 22.0. The number of hydrogen-bond acceptors (Lipinski definition) is 6. The number of rotatable bonds is 12. The van der Waals surface area contributed by atoms with Gasteiger partial charge in [0.05, 0.1) is 10.9 Å². The zero-order valence-corrected chi connectivity index (χ0v) is 27.1. The molecule has 4 aromatic rings. The van der Waals surface area contributed by atoms with Gasteiger partial charge in [0, 0.05) is 30.2 Å². The number of amides is 2. The summed E-state index contributed by atoms with van der Waals surface area (Å²) in [5.41, 5.74) is 1.56. The van der Waals surface area contributed by atoms with Gasteiger partial charge in [0.1, 0.15) is 18.1 Å². The Bertz CT molecular complexity index is 1770. The van der Waals surface area contributed by atoms with Crippen molar-refractivity contribution >= 4 is 36.4 Å². The van der Waals surface area contributed by atoms with Crippen LogP contribution in [0, 0.1) is 5.41 Å². The molecule has 0 radical (unpaired) electrons. The van der Waals surface area contributed by atoms with E-state index in [0.717, 1.165) is 21.1 Å². The number of phenols is 1. The van der Waals surface area contributed by atoms with E-state index in [1.165, 1.54) is 12.1 Å². The maximum atomic E-state index is 14.2. The molecule has 1 aromatic heterocycles. The molecule has 3 aromatic carbocycles. The number of phenolic OH excluding ortho intramolecular Hbond substituents is 1. The predicted molar refractivity (Wildman–Crippen MR) is 178 cm³/mol. The summed E-state index contributed by atoms with van der Waals surface area (Å²) in [7, 11) is -4.25. The van der Waals surface area contributed by atoms with E-state index in [9.17, 15) is 34.1 Å². The van der Waals surface area contributed by atoms with E-state index in [0.29, 0.717) is 43.2 Å². The monoisotopic (exact) mass is 661 g/mol. The molecule has 0 spiro atoms. The van der Waals surface area contributed by atoms with Gasteiger partial charge < -0.3 is 30.5 Å². The highest BCUT2D eigenvalue weighted by Crippen LogP contribution is 2.55. The number of alkyl carbamates (subject to hydrolysis) is 1. The fraction of sp³-hybridized carbons (Fsp3) is 0.343. The third-order valence-corrected chi connectivity index (χ3v) is 11.2. The van der Waals surface area contributed by atoms with E-state index < -0.39 is 36.8 Å². The van der Waals surface area contributed by atoms with Gasteiger partial charge >= 0.3 is 12.2 Å². The third-order valence-electron chi connectivity index (χ3n) is 8.83. The van der Waals surface area contributed by atoms with Crippen molar-refractivity contribution in [2.75, 3.05) is 6.16 Å². The van der Waals surface area contributed by atoms with Crippen LogP contribution in [0.1, 0.15) is 49.3 Å². The van der Waals surface area contributed by atoms with Crippen molar-refractivity contribution in [3.8, 4) is 5.75 Å². The average Bonchev–Trinajstić information content (AvgIpc) is 3.67. The number of aromatic nitrogens is 1. The summed E-state index contributed by atoms with van der Waals surface area (Å²) in [6.07, 6.45) is 1.86. The molecule has 5 rings (SSSR count). The number of aromatic hydroxyl groups is 1. The molecular formula is C35H40N3O8P. The topological polar surface area (TPSA) is 167 Å². The smallest absolute Gasteiger partial charge is 0.416 e. The Hall–Kier alpha value is -4.60. The molecule has 0 aliphatic heterocycles. The Morgan fingerprint density at radius 3 is 2.26 bits per heavy atom. The van der Waals surface area contributed by atoms with E-state index in [1.807, 2.05) is 37.3 Å². The molecule has 1 fully saturated rings. The number of carbonyl (C=O) groups is 3. The van der Waals surface area contributed by atoms with Gasteiger partial charge in [0.2, 0.25) is 13.3 Å². The van der Waals surface area contributed by atoms with Crippen molar-refractivity contribution in [3.05, 3.63) is 102 Å². The van der Waals surface area contributed by atoms with Crippen LogP contribution < -0.4 is 10.6 Å². The quantitative estimate of drug-likeness (QED) is 0.111. The van der Waals surface area contributed by atoms with Crippen molar-refractivity contribution in [2.24, 2.45) is 5.41 Å². The fourth-order valence-corrected chi connectivity index (χ4v) is 8.78. The average molecular weight is 662 g/mol. The van der Waals surface area contributed by atoms with E-state index in [2.05, 4.69) is 10.6 Å². The molecule has 0 bridgehead atoms. The van der Waals surface area contributed by atoms with Gasteiger partial charge in [-0.05, 0) is 61.1 Å². The minimum Gasteiger partial charge on any atom is -0.508 e. The Balaban J connectivity index is 1.32. The SMILES string of the molecule is C[C@@H](Cc1cn(C(=O)O)c2ccccc12)NC(=O)C1(CP(=O)(O)[C@H](Cc2ccc(O)cc2)NC(=O)OCc2ccccc2)CCCC1. The summed E-state index contributed by atoms with van der Waals surface area (Å²) >= 11 is 0. The summed E-state index contributed by atoms with van der Waals surface area (Å²) in [5, 5.41) is 25.8. The van der Waals surface area contributed by atoms with Gasteiger partial charge in [-0.15, -0.1) is 0 Å². The van der Waals surface area contributed by atoms with Crippen molar-refractivity contribution < 1.29 is 38.8 Å². The molecule has 1 saturated carbocycles. The minimum absolute atomic E-state index is 0.0176. The minimum atomic E-state index is -4.25. The lowest BCUT2D eigenvalue weighted by Crippen LogP contribution is -2.47. The van der Waals surface area contributed by atoms with Crippen LogP contribution in [0.2, 0.25) is 0 Å². The first-order valence-electron chi connectivity index (χ1n) is 15.7. The number of para-hydroxylation sites is 1. The molecular weight excluding hydrogens is 621 g/mol. The van der Waals surface area contributed by atoms with Gasteiger partial charge in [-0.1, -0.05) is 73.5 Å². The van der Waals surface area contributed by atoms with Crippen LogP contribution in [0.25, 0.3) is 10.9 Å². The zero-order valence-electron chi connectivity index (χ0n) is 26.2. The second kappa shape index (κ2) is 14.4. The largest absolute Gasteiger partial charge is 0.508 e. The fourth-order valence-electron chi connectivity index (χ4n) is 6.43. The first-order valence-corrected chi connectivity index (χ1v) is 17.6. The molecule has 1 aliphatic carbocycles. The Morgan fingerprint density at radius 1 is 0.915 bits per heavy atom. The Kier molecular flexibility index (Phi) is 10.4. The summed E-state index contributed by atoms with van der Waals surface area (Å²) in [6.45, 7) is 1.80. The Morgan fingerprint density at radius 2 is 1.57 bits per heavy atom. The summed E-state index contributed by atoms with van der Waals surface area (Å²) < 4.78 is 20.8. The molecule has 248 valence electrons. The number of hydrogen-bond donors (Lipinski definition) is 5. The van der Waals surface area contributed by atoms with Crippen LogP contribution in [-0.2, 0) is 33.5 Å². The van der Waals surface area contributed by atoms with Crippen LogP contribution in [-0.4, -0.2) is 55.8 Å². The molecule has 3 atom stereocenters. The molecule has 0 saturated heterocycles. The molecule has 12 heteroatoms. The van der Waals surface area contributed by atoms with Crippen LogP contribution in [0.5, 0.6) is 5.75 Å². The molecule has 1 aliphatic rings. The maximum Gasteiger partial charge on any atom is 0.416 e. The van der Waals surface area contributed by atoms with E-state index in [-0.39, 0.29) is 30.8 Å². The number of carboxylic acid groups (broad SMARTS) is 1. The van der Waals surface area contributed by atoms with Crippen molar-refractivity contribution in [3.63, 3.8) is 0 Å². The highest BCUT2D eigenvalue weighted by Gasteiger charge is 2.49. The molecule has 47 heavy (non-hydrogen) atoms. The molecule has 5 N–H and O–H groups in total. The maximum absolute atomic E-state index is 14.2. The Labute approximate surface area is 273 Å². The second-order valence-electron chi connectivity index (χ2n) is 12.4. The van der Waals surface area contributed by atoms with Crippen LogP contribution >= 0.6 is 7.37 Å². The molecule has 1 unspecified atom stereocenters. The lowest BCUT2D eigenvalue weighted by atomic mass is 9.87. The van der Waals surface area contributed by atoms with Crippen LogP contribution in [0.4, 0.5) is 9.59 Å². The number of fused-ring (bicyclic) bond motifs is 1. The number of nitrogens with zero attached hydrogens (tertiary/aromatic N) is 1. The third kappa shape index (κ3) is 8.22. The van der Waals surface area contributed by atoms with E-state index in [4.69, 9.17) is 4.74 Å². The van der Waals surface area contributed by atoms with Gasteiger partial charge in [0.25, 0.3) is 0 Å². The lowest BCUT2D eigenvalue weighted by molar-refractivity contribution is -0.130. The summed E-state index contributed by atoms with van der Waals surface area (Å²) in [5.74, 6) is -1.55. The summed E-state index contributed by atoms with van der Waals surface area (Å²) in [4.78, 5) is 50.3. The van der Waals surface area contributed by atoms with Crippen molar-refractivity contribution in [1.82, 2.24) is 15.2 Å². The number of nitrogens with one attached hydrogen (secondary N) is 2. The van der Waals surface area contributed by atoms with Gasteiger partial charge in [-0.25, -0.2) is 9.59 Å². The predicted octanol–water partition coefficient (Wildman–Crippen LogP) is 6.25. The van der Waals surface area contributed by atoms with Crippen molar-refractivity contribution in [1.29, 1.82) is 0 Å². The number of ether oxygens (including phenoxy) is 1. The molecule has 2 amide bonds. The normalized spacial score (nSPS) is 16.6. The van der Waals surface area contributed by atoms with E-state index >= 15 is 0 Å². The van der Waals surface area contributed by atoms with Crippen molar-refractivity contribution in [2.45, 2.75) is 63.9 Å². The molecule has 1 heterocycles. The highest BCUT2D eigenvalue weighted by molar-refractivity contribution is 7.58. The first-order chi connectivity index (χ1) is 22.5. The zero-order chi connectivity index (χ0) is 33.6. The van der Waals surface area contributed by atoms with Gasteiger partial charge in [-0.2, -0.15) is 0 Å². The van der Waals surface area contributed by atoms with Crippen LogP contribution in [0.3, 0.4) is 0 Å². The lowest BCUT2D eigenvalue weighted by Gasteiger charge is -2.34. The van der Waals surface area contributed by atoms with E-state index in [1.54, 1.807) is 42.6 Å². The number of benzene rings is 3. The van der Waals surface area contributed by atoms with Crippen LogP contribution in [0.15, 0.2) is 85.1 Å². The van der Waals surface area contributed by atoms with Gasteiger partial charge in [0.15, 0.2) is 0 Å². The first kappa shape index (κ1) is 33.8. The molecule has 11 nitrogen and oxygen atoms in total. The number of carbonyl (C=O) groups excluding carboxylic acids is 2. The van der Waals surface area contributed by atoms with Gasteiger partial charge in [-0.3, -0.25) is 13.9 Å². The second-order valence-corrected chi connectivity index (χ2v) is 14.8. The standard InChI is InChI=1S/C35H40N3O8P/c1-24(19-27-21-38(34(42)43)30-12-6-5-11-29(27)30)36-32(40)35(17-7-8-18-35)23-47(44,45)31(20-25-13-15-28(39)16-14-25)37-33(41)46-22-26-9-3-2-4-10-26/h2-6,9-16,21,24,31,39H,7-8,17-20,22-23H2,1H3,(H,36,40)(H,37,41)(H,42,43)(H,44,45)/t24-,31+/m0/s1.